The van der Waals surface area contributed by atoms with Crippen molar-refractivity contribution in [1.29, 1.82) is 0 Å². The van der Waals surface area contributed by atoms with E-state index in [0.717, 1.165) is 29.5 Å². The highest BCUT2D eigenvalue weighted by atomic mass is 35.5. The first-order valence-corrected chi connectivity index (χ1v) is 14.6. The maximum atomic E-state index is 13.3. The summed E-state index contributed by atoms with van der Waals surface area (Å²) in [6, 6.07) is 17.8. The van der Waals surface area contributed by atoms with Gasteiger partial charge in [-0.3, -0.25) is 14.4 Å². The Hall–Kier alpha value is -3.88. The Morgan fingerprint density at radius 2 is 1.71 bits per heavy atom. The van der Waals surface area contributed by atoms with Crippen LogP contribution in [-0.2, 0) is 22.5 Å². The third-order valence-electron chi connectivity index (χ3n) is 7.12. The van der Waals surface area contributed by atoms with Crippen molar-refractivity contribution in [2.75, 3.05) is 13.2 Å². The summed E-state index contributed by atoms with van der Waals surface area (Å²) in [5.41, 5.74) is 4.47. The molecule has 2 atom stereocenters. The maximum absolute atomic E-state index is 13.3. The lowest BCUT2D eigenvalue weighted by Crippen LogP contribution is -2.42. The molecule has 0 bridgehead atoms. The summed E-state index contributed by atoms with van der Waals surface area (Å²) in [7, 11) is 0. The number of carbonyl (C=O) groups is 4. The highest BCUT2D eigenvalue weighted by Crippen LogP contribution is 2.31. The first-order chi connectivity index (χ1) is 20.2. The Morgan fingerprint density at radius 1 is 0.976 bits per heavy atom. The lowest BCUT2D eigenvalue weighted by Gasteiger charge is -2.19. The highest BCUT2D eigenvalue weighted by molar-refractivity contribution is 6.40. The lowest BCUT2D eigenvalue weighted by atomic mass is 9.97. The van der Waals surface area contributed by atoms with Gasteiger partial charge >= 0.3 is 12.0 Å². The second-order valence-corrected chi connectivity index (χ2v) is 11.0. The molecule has 8 nitrogen and oxygen atoms in total. The standard InChI is InChI=1S/C32H33Cl2N3O5/c1-3-42-31(40)23(18-36-32(41)37-27-12-11-21-9-4-5-10-24(21)27)16-28(38)29-25(33)14-22(15-26(29)34)30(39)35-17-20-8-6-7-19(2)13-20/h4-10,13-15,23,27H,3,11-12,16-18H2,1-2H3,(H,35,39)(H2,36,37,41). The number of hydrogen-bond donors (Lipinski definition) is 3. The highest BCUT2D eigenvalue weighted by Gasteiger charge is 2.28. The van der Waals surface area contributed by atoms with Crippen LogP contribution in [0.3, 0.4) is 0 Å². The average Bonchev–Trinajstić information content (AvgIpc) is 3.36. The number of hydrogen-bond acceptors (Lipinski definition) is 5. The zero-order valence-corrected chi connectivity index (χ0v) is 25.0. The van der Waals surface area contributed by atoms with E-state index in [0.29, 0.717) is 6.54 Å². The van der Waals surface area contributed by atoms with Crippen LogP contribution >= 0.6 is 23.2 Å². The van der Waals surface area contributed by atoms with Crippen LogP contribution in [0.15, 0.2) is 60.7 Å². The van der Waals surface area contributed by atoms with Crippen molar-refractivity contribution in [2.24, 2.45) is 5.92 Å². The molecule has 0 heterocycles. The van der Waals surface area contributed by atoms with Gasteiger partial charge in [0.15, 0.2) is 5.78 Å². The lowest BCUT2D eigenvalue weighted by molar-refractivity contribution is -0.147. The summed E-state index contributed by atoms with van der Waals surface area (Å²) in [4.78, 5) is 51.4. The van der Waals surface area contributed by atoms with E-state index in [4.69, 9.17) is 27.9 Å². The molecule has 0 aromatic heterocycles. The minimum absolute atomic E-state index is 0.00474. The minimum atomic E-state index is -0.969. The second-order valence-electron chi connectivity index (χ2n) is 10.2. The monoisotopic (exact) mass is 609 g/mol. The summed E-state index contributed by atoms with van der Waals surface area (Å²) in [5.74, 6) is -2.51. The predicted octanol–water partition coefficient (Wildman–Crippen LogP) is 5.97. The molecule has 0 aliphatic heterocycles. The summed E-state index contributed by atoms with van der Waals surface area (Å²) in [6.45, 7) is 3.92. The van der Waals surface area contributed by atoms with Gasteiger partial charge in [0.2, 0.25) is 0 Å². The summed E-state index contributed by atoms with van der Waals surface area (Å²) in [5, 5.41) is 8.43. The van der Waals surface area contributed by atoms with Crippen LogP contribution in [0.25, 0.3) is 0 Å². The first-order valence-electron chi connectivity index (χ1n) is 13.8. The number of urea groups is 1. The number of fused-ring (bicyclic) bond motifs is 1. The summed E-state index contributed by atoms with van der Waals surface area (Å²) in [6.07, 6.45) is 1.35. The van der Waals surface area contributed by atoms with E-state index in [-0.39, 0.29) is 46.8 Å². The summed E-state index contributed by atoms with van der Waals surface area (Å²) < 4.78 is 5.15. The number of nitrogens with one attached hydrogen (secondary N) is 3. The quantitative estimate of drug-likeness (QED) is 0.183. The van der Waals surface area contributed by atoms with Gasteiger partial charge in [0.25, 0.3) is 5.91 Å². The topological polar surface area (TPSA) is 114 Å². The van der Waals surface area contributed by atoms with E-state index < -0.39 is 29.6 Å². The Kier molecular flexibility index (Phi) is 10.6. The molecular formula is C32H33Cl2N3O5. The van der Waals surface area contributed by atoms with E-state index in [1.165, 1.54) is 17.7 Å². The average molecular weight is 611 g/mol. The zero-order valence-electron chi connectivity index (χ0n) is 23.5. The van der Waals surface area contributed by atoms with Crippen LogP contribution in [0.2, 0.25) is 10.0 Å². The SMILES string of the molecule is CCOC(=O)C(CNC(=O)NC1CCc2ccccc21)CC(=O)c1c(Cl)cc(C(=O)NCc2cccc(C)c2)cc1Cl. The molecule has 3 aromatic carbocycles. The molecule has 1 aliphatic rings. The molecule has 3 aromatic rings. The van der Waals surface area contributed by atoms with E-state index in [9.17, 15) is 19.2 Å². The largest absolute Gasteiger partial charge is 0.466 e. The van der Waals surface area contributed by atoms with Gasteiger partial charge in [-0.2, -0.15) is 0 Å². The van der Waals surface area contributed by atoms with Gasteiger partial charge < -0.3 is 20.7 Å². The number of rotatable bonds is 11. The zero-order chi connectivity index (χ0) is 30.2. The maximum Gasteiger partial charge on any atom is 0.315 e. The van der Waals surface area contributed by atoms with Crippen molar-refractivity contribution >= 4 is 46.9 Å². The Balaban J connectivity index is 1.39. The van der Waals surface area contributed by atoms with Gasteiger partial charge in [-0.25, -0.2) is 4.79 Å². The Labute approximate surface area is 255 Å². The van der Waals surface area contributed by atoms with Crippen LogP contribution in [0, 0.1) is 12.8 Å². The molecule has 10 heteroatoms. The molecule has 3 amide bonds. The molecule has 0 fully saturated rings. The number of ether oxygens (including phenoxy) is 1. The van der Waals surface area contributed by atoms with E-state index >= 15 is 0 Å². The fraction of sp³-hybridized carbons (Fsp3) is 0.312. The Morgan fingerprint density at radius 3 is 2.43 bits per heavy atom. The van der Waals surface area contributed by atoms with Crippen LogP contribution in [-0.4, -0.2) is 36.8 Å². The molecular weight excluding hydrogens is 577 g/mol. The molecule has 0 radical (unpaired) electrons. The van der Waals surface area contributed by atoms with Crippen LogP contribution in [0.4, 0.5) is 4.79 Å². The van der Waals surface area contributed by atoms with E-state index in [1.807, 2.05) is 55.5 Å². The smallest absolute Gasteiger partial charge is 0.315 e. The molecule has 1 aliphatic carbocycles. The fourth-order valence-corrected chi connectivity index (χ4v) is 5.73. The Bertz CT molecular complexity index is 1470. The molecule has 0 saturated carbocycles. The molecule has 4 rings (SSSR count). The van der Waals surface area contributed by atoms with Gasteiger partial charge in [0.05, 0.1) is 34.2 Å². The van der Waals surface area contributed by atoms with Gasteiger partial charge in [-0.15, -0.1) is 0 Å². The van der Waals surface area contributed by atoms with Crippen LogP contribution in [0.5, 0.6) is 0 Å². The molecule has 0 saturated heterocycles. The number of aryl methyl sites for hydroxylation is 2. The minimum Gasteiger partial charge on any atom is -0.466 e. The van der Waals surface area contributed by atoms with E-state index in [1.54, 1.807) is 6.92 Å². The fourth-order valence-electron chi connectivity index (χ4n) is 5.03. The molecule has 0 spiro atoms. The van der Waals surface area contributed by atoms with Gasteiger partial charge in [0.1, 0.15) is 0 Å². The number of halogens is 2. The molecule has 220 valence electrons. The van der Waals surface area contributed by atoms with E-state index in [2.05, 4.69) is 16.0 Å². The third kappa shape index (κ3) is 7.89. The first kappa shape index (κ1) is 31.1. The molecule has 3 N–H and O–H groups in total. The van der Waals surface area contributed by atoms with Gasteiger partial charge in [-0.1, -0.05) is 77.3 Å². The number of ketones is 1. The van der Waals surface area contributed by atoms with Gasteiger partial charge in [0, 0.05) is 25.1 Å². The summed E-state index contributed by atoms with van der Waals surface area (Å²) >= 11 is 12.8. The molecule has 2 unspecified atom stereocenters. The van der Waals surface area contributed by atoms with Gasteiger partial charge in [-0.05, 0) is 55.5 Å². The number of amides is 3. The number of benzene rings is 3. The number of Topliss-reactive ketones (excluding diaryl/α,β-unsaturated/α-hetero) is 1. The van der Waals surface area contributed by atoms with Crippen molar-refractivity contribution in [1.82, 2.24) is 16.0 Å². The van der Waals surface area contributed by atoms with Crippen LogP contribution < -0.4 is 16.0 Å². The van der Waals surface area contributed by atoms with Crippen LogP contribution in [0.1, 0.15) is 68.8 Å². The number of esters is 1. The van der Waals surface area contributed by atoms with Crippen molar-refractivity contribution in [3.05, 3.63) is 104 Å². The predicted molar refractivity (Wildman–Crippen MR) is 162 cm³/mol. The second kappa shape index (κ2) is 14.3. The normalized spacial score (nSPS) is 14.4. The van der Waals surface area contributed by atoms with Crippen molar-refractivity contribution in [2.45, 2.75) is 45.7 Å². The van der Waals surface area contributed by atoms with Crippen molar-refractivity contribution in [3.63, 3.8) is 0 Å². The number of carbonyl (C=O) groups excluding carboxylic acids is 4. The third-order valence-corrected chi connectivity index (χ3v) is 7.71. The van der Waals surface area contributed by atoms with Crippen molar-refractivity contribution in [3.8, 4) is 0 Å². The van der Waals surface area contributed by atoms with Crippen molar-refractivity contribution < 1.29 is 23.9 Å². The molecule has 42 heavy (non-hydrogen) atoms.